The van der Waals surface area contributed by atoms with Gasteiger partial charge in [-0.1, -0.05) is 33.6 Å². The maximum Gasteiger partial charge on any atom is 0.193 e. The number of fused-ring (bicyclic) bond motifs is 1. The van der Waals surface area contributed by atoms with Crippen LogP contribution in [0.1, 0.15) is 17.3 Å². The lowest BCUT2D eigenvalue weighted by Crippen LogP contribution is -2.19. The lowest BCUT2D eigenvalue weighted by atomic mass is 10.0. The molecule has 0 fully saturated rings. The van der Waals surface area contributed by atoms with Crippen LogP contribution in [0.4, 0.5) is 0 Å². The number of imidazole rings is 1. The first-order valence-electron chi connectivity index (χ1n) is 6.20. The first kappa shape index (κ1) is 14.1. The molecule has 0 saturated heterocycles. The minimum atomic E-state index is 0.153. The molecule has 104 valence electrons. The van der Waals surface area contributed by atoms with E-state index >= 15 is 0 Å². The fraction of sp³-hybridized carbons (Fsp3) is 0.214. The van der Waals surface area contributed by atoms with Crippen LogP contribution < -0.4 is 5.32 Å². The zero-order valence-electron chi connectivity index (χ0n) is 10.8. The Morgan fingerprint density at radius 2 is 2.35 bits per heavy atom. The molecule has 0 spiro atoms. The van der Waals surface area contributed by atoms with Crippen LogP contribution in [0, 0.1) is 0 Å². The number of hydrogen-bond donors (Lipinski definition) is 1. The monoisotopic (exact) mass is 369 g/mol. The van der Waals surface area contributed by atoms with E-state index in [0.29, 0.717) is 0 Å². The van der Waals surface area contributed by atoms with Crippen molar-refractivity contribution in [3.05, 3.63) is 56.7 Å². The topological polar surface area (TPSA) is 29.3 Å². The third kappa shape index (κ3) is 2.76. The van der Waals surface area contributed by atoms with Gasteiger partial charge in [0.25, 0.3) is 0 Å². The van der Waals surface area contributed by atoms with Crippen molar-refractivity contribution in [2.45, 2.75) is 12.5 Å². The second-order valence-corrected chi connectivity index (χ2v) is 6.73. The van der Waals surface area contributed by atoms with Crippen molar-refractivity contribution in [2.75, 3.05) is 7.05 Å². The van der Waals surface area contributed by atoms with Crippen molar-refractivity contribution in [3.8, 4) is 0 Å². The number of nitrogens with one attached hydrogen (secondary N) is 1. The minimum Gasteiger partial charge on any atom is -0.313 e. The van der Waals surface area contributed by atoms with Gasteiger partial charge in [-0.3, -0.25) is 4.40 Å². The van der Waals surface area contributed by atoms with Gasteiger partial charge in [0.05, 0.1) is 5.69 Å². The van der Waals surface area contributed by atoms with Crippen LogP contribution in [0.3, 0.4) is 0 Å². The van der Waals surface area contributed by atoms with Gasteiger partial charge in [-0.05, 0) is 24.7 Å². The number of aromatic nitrogens is 2. The zero-order valence-corrected chi connectivity index (χ0v) is 14.0. The van der Waals surface area contributed by atoms with Gasteiger partial charge in [0.1, 0.15) is 0 Å². The summed E-state index contributed by atoms with van der Waals surface area (Å²) in [5.74, 6) is 0. The second kappa shape index (κ2) is 5.85. The molecule has 0 aliphatic heterocycles. The van der Waals surface area contributed by atoms with Crippen LogP contribution in [0.15, 0.2) is 40.4 Å². The maximum atomic E-state index is 6.33. The molecule has 0 amide bonds. The smallest absolute Gasteiger partial charge is 0.193 e. The van der Waals surface area contributed by atoms with Crippen LogP contribution in [0.2, 0.25) is 5.02 Å². The number of hydrogen-bond acceptors (Lipinski definition) is 3. The molecular weight excluding hydrogens is 358 g/mol. The zero-order chi connectivity index (χ0) is 14.1. The lowest BCUT2D eigenvalue weighted by molar-refractivity contribution is 0.586. The number of rotatable bonds is 4. The largest absolute Gasteiger partial charge is 0.313 e. The summed E-state index contributed by atoms with van der Waals surface area (Å²) in [6.07, 6.45) is 4.91. The summed E-state index contributed by atoms with van der Waals surface area (Å²) in [4.78, 5) is 5.65. The molecule has 3 nitrogen and oxygen atoms in total. The highest BCUT2D eigenvalue weighted by Gasteiger charge is 2.15. The summed E-state index contributed by atoms with van der Waals surface area (Å²) in [6.45, 7) is 0. The molecule has 0 bridgehead atoms. The van der Waals surface area contributed by atoms with E-state index in [1.165, 1.54) is 0 Å². The summed E-state index contributed by atoms with van der Waals surface area (Å²) in [7, 11) is 1.95. The van der Waals surface area contributed by atoms with E-state index in [2.05, 4.69) is 36.8 Å². The van der Waals surface area contributed by atoms with Crippen LogP contribution >= 0.6 is 38.9 Å². The SMILES string of the molecule is CNC(Cc1cn2ccsc2n1)c1ccc(Br)cc1Cl. The third-order valence-corrected chi connectivity index (χ3v) is 4.83. The molecule has 1 unspecified atom stereocenters. The van der Waals surface area contributed by atoms with Crippen LogP contribution in [-0.2, 0) is 6.42 Å². The molecule has 20 heavy (non-hydrogen) atoms. The molecule has 2 aromatic heterocycles. The van der Waals surface area contributed by atoms with E-state index in [1.807, 2.05) is 36.8 Å². The summed E-state index contributed by atoms with van der Waals surface area (Å²) in [6, 6.07) is 6.14. The van der Waals surface area contributed by atoms with E-state index in [4.69, 9.17) is 11.6 Å². The third-order valence-electron chi connectivity index (χ3n) is 3.24. The Bertz CT molecular complexity index is 708. The molecular formula is C14H13BrClN3S. The van der Waals surface area contributed by atoms with Crippen molar-refractivity contribution in [2.24, 2.45) is 0 Å². The summed E-state index contributed by atoms with van der Waals surface area (Å²) >= 11 is 11.4. The number of halogens is 2. The Balaban J connectivity index is 1.88. The molecule has 0 aliphatic rings. The molecule has 6 heteroatoms. The molecule has 3 rings (SSSR count). The van der Waals surface area contributed by atoms with Crippen molar-refractivity contribution in [3.63, 3.8) is 0 Å². The van der Waals surface area contributed by atoms with Gasteiger partial charge in [-0.15, -0.1) is 11.3 Å². The summed E-state index contributed by atoms with van der Waals surface area (Å²) in [5.41, 5.74) is 2.16. The first-order valence-corrected chi connectivity index (χ1v) is 8.25. The van der Waals surface area contributed by atoms with E-state index in [-0.39, 0.29) is 6.04 Å². The molecule has 3 aromatic rings. The number of nitrogens with zero attached hydrogens (tertiary/aromatic N) is 2. The highest BCUT2D eigenvalue weighted by molar-refractivity contribution is 9.10. The predicted molar refractivity (Wildman–Crippen MR) is 87.7 cm³/mol. The first-order chi connectivity index (χ1) is 9.67. The van der Waals surface area contributed by atoms with E-state index in [0.717, 1.165) is 32.1 Å². The molecule has 1 aromatic carbocycles. The van der Waals surface area contributed by atoms with E-state index < -0.39 is 0 Å². The molecule has 1 atom stereocenters. The predicted octanol–water partition coefficient (Wildman–Crippen LogP) is 4.31. The second-order valence-electron chi connectivity index (χ2n) is 4.54. The van der Waals surface area contributed by atoms with E-state index in [1.54, 1.807) is 11.3 Å². The average molecular weight is 371 g/mol. The number of benzene rings is 1. The quantitative estimate of drug-likeness (QED) is 0.741. The Labute approximate surface area is 134 Å². The average Bonchev–Trinajstić information content (AvgIpc) is 2.97. The van der Waals surface area contributed by atoms with Crippen molar-refractivity contribution < 1.29 is 0 Å². The fourth-order valence-corrected chi connectivity index (χ4v) is 3.76. The van der Waals surface area contributed by atoms with Crippen LogP contribution in [0.5, 0.6) is 0 Å². The molecule has 2 heterocycles. The van der Waals surface area contributed by atoms with Gasteiger partial charge in [-0.2, -0.15) is 0 Å². The summed E-state index contributed by atoms with van der Waals surface area (Å²) < 4.78 is 3.04. The molecule has 1 N–H and O–H groups in total. The Kier molecular flexibility index (Phi) is 4.12. The Hall–Kier alpha value is -0.880. The fourth-order valence-electron chi connectivity index (χ4n) is 2.24. The Morgan fingerprint density at radius 3 is 3.05 bits per heavy atom. The van der Waals surface area contributed by atoms with Gasteiger partial charge in [0.15, 0.2) is 4.96 Å². The van der Waals surface area contributed by atoms with Gasteiger partial charge >= 0.3 is 0 Å². The molecule has 0 saturated carbocycles. The van der Waals surface area contributed by atoms with Crippen molar-refractivity contribution >= 4 is 43.8 Å². The van der Waals surface area contributed by atoms with E-state index in [9.17, 15) is 0 Å². The number of thiazole rings is 1. The van der Waals surface area contributed by atoms with Crippen molar-refractivity contribution in [1.82, 2.24) is 14.7 Å². The van der Waals surface area contributed by atoms with Crippen LogP contribution in [0.25, 0.3) is 4.96 Å². The summed E-state index contributed by atoms with van der Waals surface area (Å²) in [5, 5.41) is 6.12. The standard InChI is InChI=1S/C14H13BrClN3S/c1-17-13(11-3-2-9(15)6-12(11)16)7-10-8-19-4-5-20-14(19)18-10/h2-6,8,13,17H,7H2,1H3. The van der Waals surface area contributed by atoms with Gasteiger partial charge in [-0.25, -0.2) is 4.98 Å². The lowest BCUT2D eigenvalue weighted by Gasteiger charge is -2.17. The normalized spacial score (nSPS) is 12.9. The molecule has 0 radical (unpaired) electrons. The maximum absolute atomic E-state index is 6.33. The van der Waals surface area contributed by atoms with Gasteiger partial charge < -0.3 is 5.32 Å². The van der Waals surface area contributed by atoms with Crippen LogP contribution in [-0.4, -0.2) is 16.4 Å². The highest BCUT2D eigenvalue weighted by Crippen LogP contribution is 2.28. The highest BCUT2D eigenvalue weighted by atomic mass is 79.9. The minimum absolute atomic E-state index is 0.153. The Morgan fingerprint density at radius 1 is 1.50 bits per heavy atom. The van der Waals surface area contributed by atoms with Gasteiger partial charge in [0, 0.05) is 39.7 Å². The molecule has 0 aliphatic carbocycles. The van der Waals surface area contributed by atoms with Crippen molar-refractivity contribution in [1.29, 1.82) is 0 Å². The van der Waals surface area contributed by atoms with Gasteiger partial charge in [0.2, 0.25) is 0 Å². The number of likely N-dealkylation sites (N-methyl/N-ethyl adjacent to an activating group) is 1.